The number of amides is 2. The van der Waals surface area contributed by atoms with Gasteiger partial charge in [-0.3, -0.25) is 14.5 Å². The molecule has 8 heteroatoms. The van der Waals surface area contributed by atoms with E-state index in [0.29, 0.717) is 37.6 Å². The number of piperazine rings is 1. The number of carbonyl (C=O) groups excluding carboxylic acids is 2. The summed E-state index contributed by atoms with van der Waals surface area (Å²) in [5.41, 5.74) is 6.00. The number of benzene rings is 1. The number of nitrogens with zero attached hydrogens (tertiary/aromatic N) is 3. The van der Waals surface area contributed by atoms with Crippen LogP contribution in [-0.4, -0.2) is 96.2 Å². The van der Waals surface area contributed by atoms with Gasteiger partial charge in [-0.2, -0.15) is 0 Å². The van der Waals surface area contributed by atoms with Crippen LogP contribution in [-0.2, 0) is 4.79 Å². The minimum absolute atomic E-state index is 0.0244. The van der Waals surface area contributed by atoms with E-state index in [-0.39, 0.29) is 23.9 Å². The van der Waals surface area contributed by atoms with Gasteiger partial charge in [-0.1, -0.05) is 0 Å². The molecule has 3 rings (SSSR count). The van der Waals surface area contributed by atoms with Crippen LogP contribution >= 0.6 is 0 Å². The van der Waals surface area contributed by atoms with Crippen molar-refractivity contribution >= 4 is 11.8 Å². The van der Waals surface area contributed by atoms with Crippen molar-refractivity contribution in [2.75, 3.05) is 46.4 Å². The molecule has 0 unspecified atom stereocenters. The molecule has 1 saturated carbocycles. The summed E-state index contributed by atoms with van der Waals surface area (Å²) in [6.45, 7) is 5.37. The molecule has 0 radical (unpaired) electrons. The molecule has 1 aromatic rings. The molecule has 2 fully saturated rings. The Hall–Kier alpha value is -2.16. The summed E-state index contributed by atoms with van der Waals surface area (Å²) in [6, 6.07) is 6.82. The smallest absolute Gasteiger partial charge is 0.253 e. The fraction of sp³-hybridized carbons (Fsp3) is 0.619. The van der Waals surface area contributed by atoms with Crippen LogP contribution in [0.15, 0.2) is 24.3 Å². The van der Waals surface area contributed by atoms with Gasteiger partial charge in [-0.15, -0.1) is 0 Å². The number of nitrogens with two attached hydrogens (primary N) is 1. The Balaban J connectivity index is 1.58. The third-order valence-electron chi connectivity index (χ3n) is 6.08. The zero-order chi connectivity index (χ0) is 21.0. The summed E-state index contributed by atoms with van der Waals surface area (Å²) in [4.78, 5) is 30.2. The molecule has 160 valence electrons. The van der Waals surface area contributed by atoms with Gasteiger partial charge in [0.1, 0.15) is 12.4 Å². The van der Waals surface area contributed by atoms with E-state index >= 15 is 0 Å². The van der Waals surface area contributed by atoms with E-state index in [9.17, 15) is 14.7 Å². The molecule has 1 saturated heterocycles. The third kappa shape index (κ3) is 4.88. The molecule has 1 aromatic carbocycles. The summed E-state index contributed by atoms with van der Waals surface area (Å²) in [6.07, 6.45) is 1.01. The zero-order valence-corrected chi connectivity index (χ0v) is 17.3. The van der Waals surface area contributed by atoms with E-state index in [2.05, 4.69) is 4.90 Å². The number of aliphatic hydroxyl groups is 1. The molecule has 0 spiro atoms. The maximum atomic E-state index is 12.9. The first kappa shape index (κ1) is 21.5. The standard InChI is InChI=1S/C21H32N4O4/c1-15(26)24-10-12-25(13-11-24)19-8-7-18(20(19)27)23(2)21(28)16-3-5-17(6-4-16)29-14-9-22/h3-6,18-20,27H,7-14,22H2,1-2H3/t18-,19-,20-/m1/s1. The Morgan fingerprint density at radius 1 is 1.17 bits per heavy atom. The van der Waals surface area contributed by atoms with Crippen LogP contribution in [0.3, 0.4) is 0 Å². The fourth-order valence-corrected chi connectivity index (χ4v) is 4.35. The lowest BCUT2D eigenvalue weighted by Gasteiger charge is -2.39. The monoisotopic (exact) mass is 404 g/mol. The summed E-state index contributed by atoms with van der Waals surface area (Å²) < 4.78 is 5.45. The van der Waals surface area contributed by atoms with Gasteiger partial charge in [0.15, 0.2) is 0 Å². The second-order valence-corrected chi connectivity index (χ2v) is 7.82. The highest BCUT2D eigenvalue weighted by atomic mass is 16.5. The number of likely N-dealkylation sites (N-methyl/N-ethyl adjacent to an activating group) is 1. The average molecular weight is 405 g/mol. The minimum Gasteiger partial charge on any atom is -0.492 e. The molecule has 0 bridgehead atoms. The predicted molar refractivity (Wildman–Crippen MR) is 110 cm³/mol. The van der Waals surface area contributed by atoms with Gasteiger partial charge in [-0.05, 0) is 37.1 Å². The van der Waals surface area contributed by atoms with Crippen molar-refractivity contribution in [2.45, 2.75) is 38.0 Å². The summed E-state index contributed by atoms with van der Waals surface area (Å²) >= 11 is 0. The molecule has 8 nitrogen and oxygen atoms in total. The molecule has 29 heavy (non-hydrogen) atoms. The van der Waals surface area contributed by atoms with E-state index < -0.39 is 6.10 Å². The molecule has 2 amide bonds. The van der Waals surface area contributed by atoms with Gasteiger partial charge >= 0.3 is 0 Å². The number of rotatable bonds is 6. The van der Waals surface area contributed by atoms with Gasteiger partial charge in [0.05, 0.1) is 12.1 Å². The van der Waals surface area contributed by atoms with Gasteiger partial charge < -0.3 is 25.4 Å². The Labute approximate surface area is 172 Å². The number of hydrogen-bond donors (Lipinski definition) is 2. The quantitative estimate of drug-likeness (QED) is 0.700. The number of carbonyl (C=O) groups is 2. The van der Waals surface area contributed by atoms with E-state index in [1.165, 1.54) is 0 Å². The van der Waals surface area contributed by atoms with E-state index in [0.717, 1.165) is 25.9 Å². The normalized spacial score (nSPS) is 25.1. The van der Waals surface area contributed by atoms with Crippen LogP contribution in [0.2, 0.25) is 0 Å². The van der Waals surface area contributed by atoms with E-state index in [4.69, 9.17) is 10.5 Å². The summed E-state index contributed by atoms with van der Waals surface area (Å²) in [5, 5.41) is 10.9. The fourth-order valence-electron chi connectivity index (χ4n) is 4.35. The number of aliphatic hydroxyl groups excluding tert-OH is 1. The molecular formula is C21H32N4O4. The summed E-state index contributed by atoms with van der Waals surface area (Å²) in [7, 11) is 1.76. The van der Waals surface area contributed by atoms with Crippen molar-refractivity contribution in [1.82, 2.24) is 14.7 Å². The first-order valence-electron chi connectivity index (χ1n) is 10.3. The molecule has 3 atom stereocenters. The average Bonchev–Trinajstić information content (AvgIpc) is 3.12. The largest absolute Gasteiger partial charge is 0.492 e. The molecule has 0 aromatic heterocycles. The summed E-state index contributed by atoms with van der Waals surface area (Å²) in [5.74, 6) is 0.668. The van der Waals surface area contributed by atoms with Crippen molar-refractivity contribution in [3.05, 3.63) is 29.8 Å². The van der Waals surface area contributed by atoms with Crippen LogP contribution < -0.4 is 10.5 Å². The SMILES string of the molecule is CC(=O)N1CCN([C@@H]2CC[C@@H](N(C)C(=O)c3ccc(OCCN)cc3)[C@H]2O)CC1. The molecule has 2 aliphatic rings. The van der Waals surface area contributed by atoms with Crippen LogP contribution in [0.4, 0.5) is 0 Å². The zero-order valence-electron chi connectivity index (χ0n) is 17.3. The predicted octanol–water partition coefficient (Wildman–Crippen LogP) is 0.152. The van der Waals surface area contributed by atoms with E-state index in [1.807, 2.05) is 4.90 Å². The molecule has 1 aliphatic carbocycles. The van der Waals surface area contributed by atoms with Crippen molar-refractivity contribution in [2.24, 2.45) is 5.73 Å². The van der Waals surface area contributed by atoms with Gasteiger partial charge in [0.2, 0.25) is 5.91 Å². The number of ether oxygens (including phenoxy) is 1. The lowest BCUT2D eigenvalue weighted by Crippen LogP contribution is -2.55. The Morgan fingerprint density at radius 2 is 1.83 bits per heavy atom. The Bertz CT molecular complexity index is 703. The van der Waals surface area contributed by atoms with Gasteiger partial charge in [0, 0.05) is 58.3 Å². The van der Waals surface area contributed by atoms with Crippen molar-refractivity contribution in [1.29, 1.82) is 0 Å². The van der Waals surface area contributed by atoms with Crippen molar-refractivity contribution in [3.63, 3.8) is 0 Å². The molecule has 3 N–H and O–H groups in total. The Kier molecular flexibility index (Phi) is 7.10. The first-order valence-corrected chi connectivity index (χ1v) is 10.3. The highest BCUT2D eigenvalue weighted by molar-refractivity contribution is 5.94. The van der Waals surface area contributed by atoms with E-state index in [1.54, 1.807) is 43.1 Å². The molecule has 1 aliphatic heterocycles. The first-order chi connectivity index (χ1) is 13.9. The van der Waals surface area contributed by atoms with Crippen molar-refractivity contribution in [3.8, 4) is 5.75 Å². The minimum atomic E-state index is -0.597. The van der Waals surface area contributed by atoms with Gasteiger partial charge in [-0.25, -0.2) is 0 Å². The topological polar surface area (TPSA) is 99.3 Å². The lowest BCUT2D eigenvalue weighted by molar-refractivity contribution is -0.131. The molecular weight excluding hydrogens is 372 g/mol. The van der Waals surface area contributed by atoms with Crippen LogP contribution in [0.5, 0.6) is 5.75 Å². The van der Waals surface area contributed by atoms with Crippen LogP contribution in [0, 0.1) is 0 Å². The highest BCUT2D eigenvalue weighted by Crippen LogP contribution is 2.30. The van der Waals surface area contributed by atoms with Crippen LogP contribution in [0.25, 0.3) is 0 Å². The van der Waals surface area contributed by atoms with Gasteiger partial charge in [0.25, 0.3) is 5.91 Å². The second-order valence-electron chi connectivity index (χ2n) is 7.82. The highest BCUT2D eigenvalue weighted by Gasteiger charge is 2.42. The van der Waals surface area contributed by atoms with Crippen LogP contribution in [0.1, 0.15) is 30.1 Å². The lowest BCUT2D eigenvalue weighted by atomic mass is 10.1. The maximum Gasteiger partial charge on any atom is 0.253 e. The second kappa shape index (κ2) is 9.56. The van der Waals surface area contributed by atoms with Crippen molar-refractivity contribution < 1.29 is 19.4 Å². The third-order valence-corrected chi connectivity index (χ3v) is 6.08. The molecule has 1 heterocycles. The number of hydrogen-bond acceptors (Lipinski definition) is 6. The Morgan fingerprint density at radius 3 is 2.41 bits per heavy atom. The maximum absolute atomic E-state index is 12.9.